The first-order valence-corrected chi connectivity index (χ1v) is 3.56. The zero-order chi connectivity index (χ0) is 8.15. The normalized spacial score (nSPS) is 16.3. The topological polar surface area (TPSA) is 63.3 Å². The third kappa shape index (κ3) is 3.45. The molecule has 10 heavy (non-hydrogen) atoms. The van der Waals surface area contributed by atoms with E-state index in [0.29, 0.717) is 6.42 Å². The zero-order valence-electron chi connectivity index (χ0n) is 6.50. The van der Waals surface area contributed by atoms with E-state index in [1.165, 1.54) is 0 Å². The molecule has 3 nitrogen and oxygen atoms in total. The first-order valence-electron chi connectivity index (χ1n) is 3.56. The average molecular weight is 145 g/mol. The van der Waals surface area contributed by atoms with Gasteiger partial charge in [-0.15, -0.1) is 0 Å². The number of aliphatic carboxylic acids is 1. The van der Waals surface area contributed by atoms with Crippen molar-refractivity contribution in [2.75, 3.05) is 0 Å². The number of carbonyl (C=O) groups is 1. The van der Waals surface area contributed by atoms with Crippen molar-refractivity contribution < 1.29 is 9.90 Å². The van der Waals surface area contributed by atoms with Crippen LogP contribution in [0, 0.1) is 5.92 Å². The number of hydrogen-bond donors (Lipinski definition) is 2. The van der Waals surface area contributed by atoms with Crippen LogP contribution in [-0.2, 0) is 4.79 Å². The molecule has 3 N–H and O–H groups in total. The molecule has 0 radical (unpaired) electrons. The lowest BCUT2D eigenvalue weighted by atomic mass is 10.0. The molecule has 0 aliphatic heterocycles. The minimum atomic E-state index is -0.760. The molecule has 0 aromatic heterocycles. The van der Waals surface area contributed by atoms with Gasteiger partial charge in [-0.25, -0.2) is 0 Å². The Labute approximate surface area is 61.2 Å². The molecule has 0 spiro atoms. The van der Waals surface area contributed by atoms with Crippen LogP contribution in [-0.4, -0.2) is 17.1 Å². The summed E-state index contributed by atoms with van der Waals surface area (Å²) in [5.74, 6) is -1.07. The Bertz CT molecular complexity index is 114. The number of rotatable bonds is 4. The fourth-order valence-corrected chi connectivity index (χ4v) is 0.722. The van der Waals surface area contributed by atoms with Crippen molar-refractivity contribution in [3.05, 3.63) is 0 Å². The standard InChI is InChI=1S/C7H15NO2/c1-3-6(8)4-5(2)7(9)10/h5-6H,3-4,8H2,1-2H3,(H,9,10)/t5-,6+/m0/s1. The molecule has 3 heteroatoms. The van der Waals surface area contributed by atoms with E-state index in [4.69, 9.17) is 10.8 Å². The molecule has 0 aromatic carbocycles. The minimum Gasteiger partial charge on any atom is -0.481 e. The van der Waals surface area contributed by atoms with E-state index in [2.05, 4.69) is 0 Å². The van der Waals surface area contributed by atoms with Crippen molar-refractivity contribution in [1.29, 1.82) is 0 Å². The molecule has 0 bridgehead atoms. The van der Waals surface area contributed by atoms with Gasteiger partial charge in [0.05, 0.1) is 5.92 Å². The van der Waals surface area contributed by atoms with E-state index < -0.39 is 5.97 Å². The molecular formula is C7H15NO2. The fraction of sp³-hybridized carbons (Fsp3) is 0.857. The highest BCUT2D eigenvalue weighted by Gasteiger charge is 2.13. The van der Waals surface area contributed by atoms with Crippen LogP contribution in [0.15, 0.2) is 0 Å². The Morgan fingerprint density at radius 2 is 2.20 bits per heavy atom. The number of hydrogen-bond acceptors (Lipinski definition) is 2. The summed E-state index contributed by atoms with van der Waals surface area (Å²) in [4.78, 5) is 10.3. The van der Waals surface area contributed by atoms with E-state index in [1.54, 1.807) is 6.92 Å². The summed E-state index contributed by atoms with van der Waals surface area (Å²) in [5.41, 5.74) is 5.55. The summed E-state index contributed by atoms with van der Waals surface area (Å²) in [5, 5.41) is 8.47. The van der Waals surface area contributed by atoms with Crippen molar-refractivity contribution in [2.45, 2.75) is 32.7 Å². The molecule has 0 aliphatic rings. The van der Waals surface area contributed by atoms with Gasteiger partial charge in [-0.3, -0.25) is 4.79 Å². The Kier molecular flexibility index (Phi) is 4.03. The summed E-state index contributed by atoms with van der Waals surface area (Å²) < 4.78 is 0. The quantitative estimate of drug-likeness (QED) is 0.616. The lowest BCUT2D eigenvalue weighted by Crippen LogP contribution is -2.24. The van der Waals surface area contributed by atoms with Crippen molar-refractivity contribution in [3.8, 4) is 0 Å². The van der Waals surface area contributed by atoms with Crippen LogP contribution in [0.5, 0.6) is 0 Å². The van der Waals surface area contributed by atoms with Gasteiger partial charge in [0.25, 0.3) is 0 Å². The maximum absolute atomic E-state index is 10.3. The molecule has 0 aromatic rings. The van der Waals surface area contributed by atoms with Crippen LogP contribution in [0.4, 0.5) is 0 Å². The monoisotopic (exact) mass is 145 g/mol. The van der Waals surface area contributed by atoms with E-state index in [0.717, 1.165) is 6.42 Å². The van der Waals surface area contributed by atoms with Crippen LogP contribution < -0.4 is 5.73 Å². The Hall–Kier alpha value is -0.570. The van der Waals surface area contributed by atoms with Crippen molar-refractivity contribution in [2.24, 2.45) is 11.7 Å². The molecule has 0 amide bonds. The molecule has 0 heterocycles. The van der Waals surface area contributed by atoms with Gasteiger partial charge in [-0.1, -0.05) is 13.8 Å². The Balaban J connectivity index is 3.56. The van der Waals surface area contributed by atoms with Gasteiger partial charge in [-0.05, 0) is 12.8 Å². The second-order valence-electron chi connectivity index (χ2n) is 2.64. The molecule has 0 fully saturated rings. The Morgan fingerprint density at radius 1 is 1.70 bits per heavy atom. The molecule has 60 valence electrons. The second kappa shape index (κ2) is 4.28. The predicted molar refractivity (Wildman–Crippen MR) is 39.7 cm³/mol. The van der Waals surface area contributed by atoms with Gasteiger partial charge in [0.2, 0.25) is 0 Å². The maximum Gasteiger partial charge on any atom is 0.306 e. The first-order chi connectivity index (χ1) is 4.57. The summed E-state index contributed by atoms with van der Waals surface area (Å²) in [7, 11) is 0. The van der Waals surface area contributed by atoms with Gasteiger partial charge < -0.3 is 10.8 Å². The van der Waals surface area contributed by atoms with Crippen LogP contribution in [0.1, 0.15) is 26.7 Å². The summed E-state index contributed by atoms with van der Waals surface area (Å²) in [6, 6.07) is 0.0334. The van der Waals surface area contributed by atoms with Gasteiger partial charge in [-0.2, -0.15) is 0 Å². The summed E-state index contributed by atoms with van der Waals surface area (Å²) in [6.45, 7) is 3.64. The fourth-order valence-electron chi connectivity index (χ4n) is 0.722. The first kappa shape index (κ1) is 9.43. The van der Waals surface area contributed by atoms with Gasteiger partial charge in [0.15, 0.2) is 0 Å². The van der Waals surface area contributed by atoms with Gasteiger partial charge in [0.1, 0.15) is 0 Å². The third-order valence-electron chi connectivity index (χ3n) is 1.60. The molecule has 0 rings (SSSR count). The average Bonchev–Trinajstić information content (AvgIpc) is 1.87. The molecular weight excluding hydrogens is 130 g/mol. The third-order valence-corrected chi connectivity index (χ3v) is 1.60. The highest BCUT2D eigenvalue weighted by molar-refractivity contribution is 5.69. The van der Waals surface area contributed by atoms with Crippen molar-refractivity contribution in [1.82, 2.24) is 0 Å². The highest BCUT2D eigenvalue weighted by atomic mass is 16.4. The van der Waals surface area contributed by atoms with E-state index in [1.807, 2.05) is 6.92 Å². The van der Waals surface area contributed by atoms with Crippen LogP contribution in [0.3, 0.4) is 0 Å². The maximum atomic E-state index is 10.3. The Morgan fingerprint density at radius 3 is 2.50 bits per heavy atom. The lowest BCUT2D eigenvalue weighted by Gasteiger charge is -2.10. The van der Waals surface area contributed by atoms with Crippen molar-refractivity contribution in [3.63, 3.8) is 0 Å². The molecule has 0 unspecified atom stereocenters. The second-order valence-corrected chi connectivity index (χ2v) is 2.64. The van der Waals surface area contributed by atoms with E-state index in [9.17, 15) is 4.79 Å². The summed E-state index contributed by atoms with van der Waals surface area (Å²) >= 11 is 0. The number of carboxylic acids is 1. The van der Waals surface area contributed by atoms with Crippen molar-refractivity contribution >= 4 is 5.97 Å². The van der Waals surface area contributed by atoms with Gasteiger partial charge in [0, 0.05) is 6.04 Å². The predicted octanol–water partition coefficient (Wildman–Crippen LogP) is 0.834. The van der Waals surface area contributed by atoms with E-state index in [-0.39, 0.29) is 12.0 Å². The zero-order valence-corrected chi connectivity index (χ0v) is 6.50. The largest absolute Gasteiger partial charge is 0.481 e. The number of carboxylic acid groups (broad SMARTS) is 1. The molecule has 0 saturated carbocycles. The van der Waals surface area contributed by atoms with Crippen LogP contribution in [0.2, 0.25) is 0 Å². The smallest absolute Gasteiger partial charge is 0.306 e. The highest BCUT2D eigenvalue weighted by Crippen LogP contribution is 2.06. The molecule has 0 saturated heterocycles. The lowest BCUT2D eigenvalue weighted by molar-refractivity contribution is -0.141. The molecule has 2 atom stereocenters. The minimum absolute atomic E-state index is 0.0334. The number of nitrogens with two attached hydrogens (primary N) is 1. The van der Waals surface area contributed by atoms with Crippen LogP contribution in [0.25, 0.3) is 0 Å². The van der Waals surface area contributed by atoms with Gasteiger partial charge >= 0.3 is 5.97 Å². The SMILES string of the molecule is CC[C@@H](N)C[C@H](C)C(=O)O. The molecule has 0 aliphatic carbocycles. The van der Waals surface area contributed by atoms with E-state index >= 15 is 0 Å². The van der Waals surface area contributed by atoms with Crippen LogP contribution >= 0.6 is 0 Å². The summed E-state index contributed by atoms with van der Waals surface area (Å²) in [6.07, 6.45) is 1.42.